The third kappa shape index (κ3) is 1.76. The molecule has 2 N–H and O–H groups in total. The summed E-state index contributed by atoms with van der Waals surface area (Å²) in [6.45, 7) is 0. The average Bonchev–Trinajstić information content (AvgIpc) is 2.96. The van der Waals surface area contributed by atoms with E-state index in [1.165, 1.54) is 11.8 Å². The van der Waals surface area contributed by atoms with Crippen molar-refractivity contribution in [1.82, 2.24) is 0 Å². The van der Waals surface area contributed by atoms with E-state index in [4.69, 9.17) is 5.11 Å². The van der Waals surface area contributed by atoms with E-state index in [0.717, 1.165) is 0 Å². The molecule has 0 aromatic heterocycles. The number of carbonyl (C=O) groups excluding carboxylic acids is 1. The van der Waals surface area contributed by atoms with Crippen LogP contribution in [0, 0.1) is 0 Å². The molecule has 1 heterocycles. The molecule has 19 heavy (non-hydrogen) atoms. The number of carboxylic acid groups (broad SMARTS) is 1. The predicted molar refractivity (Wildman–Crippen MR) is 71.6 cm³/mol. The third-order valence-electron chi connectivity index (χ3n) is 3.04. The SMILES string of the molecule is O=C1C(C2=N[C@@H](C(=O)O)CS2)=C(O)c2ccccc21. The molecule has 6 heteroatoms. The summed E-state index contributed by atoms with van der Waals surface area (Å²) in [4.78, 5) is 27.1. The number of fused-ring (bicyclic) bond motifs is 1. The normalized spacial score (nSPS) is 21.6. The molecule has 0 bridgehead atoms. The number of aliphatic carboxylic acids is 1. The van der Waals surface area contributed by atoms with Gasteiger partial charge < -0.3 is 10.2 Å². The standard InChI is InChI=1S/C13H9NO4S/c15-10-6-3-1-2-4-7(6)11(16)9(10)12-14-8(5-19-12)13(17)18/h1-4,8,15H,5H2,(H,17,18)/t8-/m1/s1. The van der Waals surface area contributed by atoms with Crippen LogP contribution in [-0.2, 0) is 4.79 Å². The zero-order valence-corrected chi connectivity index (χ0v) is 10.5. The zero-order chi connectivity index (χ0) is 13.6. The second-order valence-electron chi connectivity index (χ2n) is 4.20. The largest absolute Gasteiger partial charge is 0.506 e. The number of hydrogen-bond acceptors (Lipinski definition) is 5. The van der Waals surface area contributed by atoms with E-state index in [1.807, 2.05) is 0 Å². The number of aliphatic hydroxyl groups is 1. The van der Waals surface area contributed by atoms with E-state index in [2.05, 4.69) is 4.99 Å². The van der Waals surface area contributed by atoms with Gasteiger partial charge in [-0.05, 0) is 0 Å². The molecule has 0 saturated heterocycles. The first kappa shape index (κ1) is 12.0. The van der Waals surface area contributed by atoms with Gasteiger partial charge in [0.25, 0.3) is 0 Å². The van der Waals surface area contributed by atoms with Crippen LogP contribution in [0.5, 0.6) is 0 Å². The highest BCUT2D eigenvalue weighted by atomic mass is 32.2. The van der Waals surface area contributed by atoms with Gasteiger partial charge in [0.2, 0.25) is 0 Å². The first-order valence-corrected chi connectivity index (χ1v) is 6.59. The number of thioether (sulfide) groups is 1. The zero-order valence-electron chi connectivity index (χ0n) is 9.66. The monoisotopic (exact) mass is 275 g/mol. The number of aliphatic imine (C=N–C) groups is 1. The van der Waals surface area contributed by atoms with Gasteiger partial charge in [0.05, 0.1) is 5.57 Å². The van der Waals surface area contributed by atoms with Gasteiger partial charge in [-0.1, -0.05) is 24.3 Å². The summed E-state index contributed by atoms with van der Waals surface area (Å²) in [5, 5.41) is 19.3. The Balaban J connectivity index is 2.05. The molecule has 5 nitrogen and oxygen atoms in total. The topological polar surface area (TPSA) is 87.0 Å². The molecular weight excluding hydrogens is 266 g/mol. The van der Waals surface area contributed by atoms with Crippen LogP contribution in [0.3, 0.4) is 0 Å². The van der Waals surface area contributed by atoms with Crippen LogP contribution in [0.1, 0.15) is 15.9 Å². The summed E-state index contributed by atoms with van der Waals surface area (Å²) in [6.07, 6.45) is 0. The summed E-state index contributed by atoms with van der Waals surface area (Å²) in [7, 11) is 0. The van der Waals surface area contributed by atoms with E-state index in [1.54, 1.807) is 24.3 Å². The fourth-order valence-electron chi connectivity index (χ4n) is 2.10. The second kappa shape index (κ2) is 4.24. The van der Waals surface area contributed by atoms with Crippen LogP contribution in [0.15, 0.2) is 34.8 Å². The Kier molecular flexibility index (Phi) is 2.67. The Morgan fingerprint density at radius 1 is 1.32 bits per heavy atom. The fourth-order valence-corrected chi connectivity index (χ4v) is 3.17. The summed E-state index contributed by atoms with van der Waals surface area (Å²) in [5.74, 6) is -1.15. The van der Waals surface area contributed by atoms with Crippen molar-refractivity contribution < 1.29 is 19.8 Å². The van der Waals surface area contributed by atoms with Crippen molar-refractivity contribution in [3.63, 3.8) is 0 Å². The fraction of sp³-hybridized carbons (Fsp3) is 0.154. The van der Waals surface area contributed by atoms with Crippen LogP contribution in [0.25, 0.3) is 5.76 Å². The number of benzene rings is 1. The highest BCUT2D eigenvalue weighted by Gasteiger charge is 2.36. The van der Waals surface area contributed by atoms with Crippen molar-refractivity contribution in [2.45, 2.75) is 6.04 Å². The predicted octanol–water partition coefficient (Wildman–Crippen LogP) is 1.75. The number of ketones is 1. The number of rotatable bonds is 2. The Labute approximate surface area is 112 Å². The molecule has 3 rings (SSSR count). The van der Waals surface area contributed by atoms with E-state index in [9.17, 15) is 14.7 Å². The van der Waals surface area contributed by atoms with Crippen molar-refractivity contribution in [3.05, 3.63) is 41.0 Å². The summed E-state index contributed by atoms with van der Waals surface area (Å²) >= 11 is 1.18. The minimum Gasteiger partial charge on any atom is -0.506 e. The Morgan fingerprint density at radius 3 is 2.58 bits per heavy atom. The number of carboxylic acids is 1. The van der Waals surface area contributed by atoms with Crippen LogP contribution in [0.4, 0.5) is 0 Å². The maximum atomic E-state index is 12.2. The summed E-state index contributed by atoms with van der Waals surface area (Å²) < 4.78 is 0. The highest BCUT2D eigenvalue weighted by Crippen LogP contribution is 2.36. The lowest BCUT2D eigenvalue weighted by Gasteiger charge is -1.99. The van der Waals surface area contributed by atoms with Gasteiger partial charge in [-0.25, -0.2) is 4.79 Å². The van der Waals surface area contributed by atoms with Crippen molar-refractivity contribution in [3.8, 4) is 0 Å². The molecule has 1 atom stereocenters. The molecule has 0 radical (unpaired) electrons. The number of Topliss-reactive ketones (excluding diaryl/α,β-unsaturated/α-hetero) is 1. The molecule has 0 spiro atoms. The minimum absolute atomic E-state index is 0.113. The van der Waals surface area contributed by atoms with Gasteiger partial charge in [0, 0.05) is 16.9 Å². The molecular formula is C13H9NO4S. The van der Waals surface area contributed by atoms with Gasteiger partial charge in [0.15, 0.2) is 11.8 Å². The number of aliphatic hydroxyl groups excluding tert-OH is 1. The average molecular weight is 275 g/mol. The maximum Gasteiger partial charge on any atom is 0.329 e. The van der Waals surface area contributed by atoms with Gasteiger partial charge in [-0.15, -0.1) is 11.8 Å². The highest BCUT2D eigenvalue weighted by molar-refractivity contribution is 8.14. The Bertz CT molecular complexity index is 662. The van der Waals surface area contributed by atoms with E-state index < -0.39 is 12.0 Å². The molecule has 1 aromatic rings. The van der Waals surface area contributed by atoms with Crippen molar-refractivity contribution in [2.24, 2.45) is 4.99 Å². The lowest BCUT2D eigenvalue weighted by molar-refractivity contribution is -0.137. The van der Waals surface area contributed by atoms with E-state index in [0.29, 0.717) is 16.2 Å². The second-order valence-corrected chi connectivity index (χ2v) is 5.21. The Morgan fingerprint density at radius 2 is 2.00 bits per heavy atom. The summed E-state index contributed by atoms with van der Waals surface area (Å²) in [6, 6.07) is 5.89. The van der Waals surface area contributed by atoms with Gasteiger partial charge >= 0.3 is 5.97 Å². The molecule has 0 saturated carbocycles. The van der Waals surface area contributed by atoms with Crippen LogP contribution >= 0.6 is 11.8 Å². The van der Waals surface area contributed by atoms with Crippen LogP contribution < -0.4 is 0 Å². The Hall–Kier alpha value is -2.08. The molecule has 96 valence electrons. The van der Waals surface area contributed by atoms with Crippen molar-refractivity contribution in [1.29, 1.82) is 0 Å². The van der Waals surface area contributed by atoms with Gasteiger partial charge in [-0.2, -0.15) is 0 Å². The van der Waals surface area contributed by atoms with Crippen LogP contribution in [-0.4, -0.2) is 38.8 Å². The first-order valence-electron chi connectivity index (χ1n) is 5.60. The van der Waals surface area contributed by atoms with E-state index >= 15 is 0 Å². The molecule has 1 aliphatic heterocycles. The summed E-state index contributed by atoms with van der Waals surface area (Å²) in [5.41, 5.74) is 1.02. The quantitative estimate of drug-likeness (QED) is 0.858. The van der Waals surface area contributed by atoms with Crippen molar-refractivity contribution in [2.75, 3.05) is 5.75 Å². The number of carbonyl (C=O) groups is 2. The van der Waals surface area contributed by atoms with Crippen molar-refractivity contribution >= 4 is 34.3 Å². The molecule has 2 aliphatic rings. The molecule has 0 unspecified atom stereocenters. The smallest absolute Gasteiger partial charge is 0.329 e. The molecule has 0 amide bonds. The minimum atomic E-state index is -1.02. The van der Waals surface area contributed by atoms with Gasteiger partial charge in [0.1, 0.15) is 10.8 Å². The maximum absolute atomic E-state index is 12.2. The lowest BCUT2D eigenvalue weighted by Crippen LogP contribution is -2.17. The molecule has 0 fully saturated rings. The van der Waals surface area contributed by atoms with Crippen LogP contribution in [0.2, 0.25) is 0 Å². The third-order valence-corrected chi connectivity index (χ3v) is 4.11. The van der Waals surface area contributed by atoms with E-state index in [-0.39, 0.29) is 22.9 Å². The molecule has 1 aliphatic carbocycles. The number of hydrogen-bond donors (Lipinski definition) is 2. The number of nitrogens with zero attached hydrogens (tertiary/aromatic N) is 1. The molecule has 1 aromatic carbocycles. The first-order chi connectivity index (χ1) is 9.09. The van der Waals surface area contributed by atoms with Gasteiger partial charge in [-0.3, -0.25) is 9.79 Å². The lowest BCUT2D eigenvalue weighted by atomic mass is 10.1.